The molecule has 2 fully saturated rings. The number of rotatable bonds is 1. The lowest BCUT2D eigenvalue weighted by Gasteiger charge is -2.37. The van der Waals surface area contributed by atoms with E-state index in [2.05, 4.69) is 20.4 Å². The molecule has 0 aromatic heterocycles. The van der Waals surface area contributed by atoms with E-state index >= 15 is 0 Å². The van der Waals surface area contributed by atoms with Gasteiger partial charge in [-0.1, -0.05) is 26.0 Å². The van der Waals surface area contributed by atoms with Crippen LogP contribution >= 0.6 is 0 Å². The van der Waals surface area contributed by atoms with Crippen LogP contribution in [0.4, 0.5) is 0 Å². The molecule has 0 amide bonds. The highest BCUT2D eigenvalue weighted by molar-refractivity contribution is 5.75. The van der Waals surface area contributed by atoms with Crippen molar-refractivity contribution in [2.75, 3.05) is 0 Å². The van der Waals surface area contributed by atoms with Gasteiger partial charge in [-0.3, -0.25) is 4.79 Å². The molecule has 2 saturated carbocycles. The van der Waals surface area contributed by atoms with Gasteiger partial charge in [0.25, 0.3) is 0 Å². The topological polar surface area (TPSA) is 37.3 Å². The van der Waals surface area contributed by atoms with Gasteiger partial charge in [0, 0.05) is 0 Å². The first-order chi connectivity index (χ1) is 7.79. The Morgan fingerprint density at radius 2 is 2.00 bits per heavy atom. The summed E-state index contributed by atoms with van der Waals surface area (Å²) < 4.78 is 0. The number of carbonyl (C=O) groups is 1. The molecule has 0 bridgehead atoms. The molecule has 2 nitrogen and oxygen atoms in total. The van der Waals surface area contributed by atoms with Crippen LogP contribution in [0.5, 0.6) is 0 Å². The Morgan fingerprint density at radius 3 is 2.59 bits per heavy atom. The largest absolute Gasteiger partial charge is 0.481 e. The fourth-order valence-corrected chi connectivity index (χ4v) is 4.15. The van der Waals surface area contributed by atoms with Gasteiger partial charge in [0.05, 0.1) is 5.41 Å². The molecule has 2 heteroatoms. The van der Waals surface area contributed by atoms with E-state index in [-0.39, 0.29) is 11.3 Å². The summed E-state index contributed by atoms with van der Waals surface area (Å²) in [6.45, 7) is 10.7. The predicted molar refractivity (Wildman–Crippen MR) is 68.7 cm³/mol. The van der Waals surface area contributed by atoms with Crippen molar-refractivity contribution in [2.45, 2.75) is 52.9 Å². The van der Waals surface area contributed by atoms with Crippen molar-refractivity contribution in [2.24, 2.45) is 22.7 Å². The molecular formula is C15H24O2. The van der Waals surface area contributed by atoms with Crippen LogP contribution in [0.1, 0.15) is 52.9 Å². The van der Waals surface area contributed by atoms with Gasteiger partial charge in [0.15, 0.2) is 0 Å². The van der Waals surface area contributed by atoms with E-state index in [4.69, 9.17) is 0 Å². The van der Waals surface area contributed by atoms with E-state index in [1.807, 2.05) is 6.92 Å². The van der Waals surface area contributed by atoms with E-state index < -0.39 is 11.4 Å². The van der Waals surface area contributed by atoms with Crippen LogP contribution in [0.2, 0.25) is 0 Å². The molecule has 0 unspecified atom stereocenters. The van der Waals surface area contributed by atoms with Crippen molar-refractivity contribution >= 4 is 5.97 Å². The molecule has 0 saturated heterocycles. The van der Waals surface area contributed by atoms with Gasteiger partial charge < -0.3 is 5.11 Å². The molecule has 0 heterocycles. The molecule has 2 aliphatic carbocycles. The zero-order chi connectivity index (χ0) is 12.8. The fraction of sp³-hybridized carbons (Fsp3) is 0.800. The van der Waals surface area contributed by atoms with E-state index in [0.717, 1.165) is 25.7 Å². The summed E-state index contributed by atoms with van der Waals surface area (Å²) in [6.07, 6.45) is 5.21. The first-order valence-corrected chi connectivity index (χ1v) is 6.70. The summed E-state index contributed by atoms with van der Waals surface area (Å²) in [5.74, 6) is 0.0416. The predicted octanol–water partition coefficient (Wildman–Crippen LogP) is 3.87. The van der Waals surface area contributed by atoms with Crippen molar-refractivity contribution in [3.05, 3.63) is 12.2 Å². The number of hydrogen-bond donors (Lipinski definition) is 1. The minimum atomic E-state index is -0.635. The van der Waals surface area contributed by atoms with Gasteiger partial charge in [-0.15, -0.1) is 0 Å². The van der Waals surface area contributed by atoms with Crippen molar-refractivity contribution in [1.82, 2.24) is 0 Å². The number of hydrogen-bond acceptors (Lipinski definition) is 1. The molecule has 2 aliphatic rings. The maximum atomic E-state index is 11.6. The second kappa shape index (κ2) is 3.86. The summed E-state index contributed by atoms with van der Waals surface area (Å²) in [6, 6.07) is 0. The number of fused-ring (bicyclic) bond motifs is 1. The smallest absolute Gasteiger partial charge is 0.309 e. The molecular weight excluding hydrogens is 212 g/mol. The molecule has 0 radical (unpaired) electrons. The first-order valence-electron chi connectivity index (χ1n) is 6.70. The lowest BCUT2D eigenvalue weighted by molar-refractivity contribution is -0.150. The Hall–Kier alpha value is -0.790. The van der Waals surface area contributed by atoms with Crippen LogP contribution in [0.15, 0.2) is 12.2 Å². The minimum Gasteiger partial charge on any atom is -0.481 e. The average Bonchev–Trinajstić information content (AvgIpc) is 2.52. The Balaban J connectivity index is 2.42. The third-order valence-corrected chi connectivity index (χ3v) is 5.31. The number of aliphatic carboxylic acids is 1. The van der Waals surface area contributed by atoms with Crippen molar-refractivity contribution in [3.8, 4) is 0 Å². The maximum absolute atomic E-state index is 11.6. The second-order valence-electron chi connectivity index (χ2n) is 6.85. The zero-order valence-electron chi connectivity index (χ0n) is 11.3. The molecule has 17 heavy (non-hydrogen) atoms. The fourth-order valence-electron chi connectivity index (χ4n) is 4.15. The highest BCUT2D eigenvalue weighted by Gasteiger charge is 2.55. The maximum Gasteiger partial charge on any atom is 0.309 e. The lowest BCUT2D eigenvalue weighted by Crippen LogP contribution is -2.37. The summed E-state index contributed by atoms with van der Waals surface area (Å²) in [5, 5.41) is 9.55. The van der Waals surface area contributed by atoms with Gasteiger partial charge in [-0.25, -0.2) is 0 Å². The van der Waals surface area contributed by atoms with Gasteiger partial charge in [-0.2, -0.15) is 0 Å². The quantitative estimate of drug-likeness (QED) is 0.702. The van der Waals surface area contributed by atoms with Crippen LogP contribution in [0.3, 0.4) is 0 Å². The van der Waals surface area contributed by atoms with Crippen LogP contribution in [0.25, 0.3) is 0 Å². The Morgan fingerprint density at radius 1 is 1.35 bits per heavy atom. The monoisotopic (exact) mass is 236 g/mol. The van der Waals surface area contributed by atoms with E-state index in [1.165, 1.54) is 12.0 Å². The third kappa shape index (κ3) is 1.82. The highest BCUT2D eigenvalue weighted by atomic mass is 16.4. The molecule has 3 atom stereocenters. The zero-order valence-corrected chi connectivity index (χ0v) is 11.3. The Bertz CT molecular complexity index is 356. The van der Waals surface area contributed by atoms with Gasteiger partial charge in [-0.05, 0) is 56.3 Å². The highest BCUT2D eigenvalue weighted by Crippen LogP contribution is 2.59. The van der Waals surface area contributed by atoms with Crippen molar-refractivity contribution in [1.29, 1.82) is 0 Å². The second-order valence-corrected chi connectivity index (χ2v) is 6.85. The standard InChI is InChI=1S/C15H24O2/c1-10-6-5-8-14(2,3)11-7-9-15(4,12(10)11)13(16)17/h11-12H,1,5-9H2,2-4H3,(H,16,17)/t11-,12-,15+/m1/s1. The molecule has 2 rings (SSSR count). The van der Waals surface area contributed by atoms with Crippen LogP contribution in [-0.2, 0) is 4.79 Å². The molecule has 0 aromatic rings. The molecule has 0 aliphatic heterocycles. The van der Waals surface area contributed by atoms with E-state index in [0.29, 0.717) is 5.92 Å². The first kappa shape index (κ1) is 12.7. The number of allylic oxidation sites excluding steroid dienone is 1. The molecule has 0 aromatic carbocycles. The Kier molecular flexibility index (Phi) is 2.87. The third-order valence-electron chi connectivity index (χ3n) is 5.31. The summed E-state index contributed by atoms with van der Waals surface area (Å²) in [4.78, 5) is 11.6. The average molecular weight is 236 g/mol. The van der Waals surface area contributed by atoms with Gasteiger partial charge >= 0.3 is 5.97 Å². The van der Waals surface area contributed by atoms with Crippen LogP contribution in [0, 0.1) is 22.7 Å². The number of carboxylic acids is 1. The summed E-state index contributed by atoms with van der Waals surface area (Å²) in [5.41, 5.74) is 0.865. The summed E-state index contributed by atoms with van der Waals surface area (Å²) in [7, 11) is 0. The molecule has 96 valence electrons. The molecule has 1 N–H and O–H groups in total. The Labute approximate surface area is 104 Å². The molecule has 0 spiro atoms. The number of carboxylic acid groups (broad SMARTS) is 1. The van der Waals surface area contributed by atoms with Crippen LogP contribution < -0.4 is 0 Å². The normalized spacial score (nSPS) is 40.8. The van der Waals surface area contributed by atoms with Crippen molar-refractivity contribution in [3.63, 3.8) is 0 Å². The van der Waals surface area contributed by atoms with Gasteiger partial charge in [0.2, 0.25) is 0 Å². The van der Waals surface area contributed by atoms with E-state index in [9.17, 15) is 9.90 Å². The SMILES string of the molecule is C=C1CCCC(C)(C)[C@@H]2CC[C@](C)(C(=O)O)[C@H]12. The van der Waals surface area contributed by atoms with Crippen LogP contribution in [-0.4, -0.2) is 11.1 Å². The minimum absolute atomic E-state index is 0.178. The van der Waals surface area contributed by atoms with Gasteiger partial charge in [0.1, 0.15) is 0 Å². The summed E-state index contributed by atoms with van der Waals surface area (Å²) >= 11 is 0. The van der Waals surface area contributed by atoms with Crippen molar-refractivity contribution < 1.29 is 9.90 Å². The lowest BCUT2D eigenvalue weighted by atomic mass is 9.66. The van der Waals surface area contributed by atoms with E-state index in [1.54, 1.807) is 0 Å².